The molecule has 0 unspecified atom stereocenters. The second kappa shape index (κ2) is 9.39. The lowest BCUT2D eigenvalue weighted by molar-refractivity contribution is -0.134. The molecule has 160 valence electrons. The predicted octanol–water partition coefficient (Wildman–Crippen LogP) is 3.39. The first-order chi connectivity index (χ1) is 14.3. The zero-order valence-corrected chi connectivity index (χ0v) is 18.7. The summed E-state index contributed by atoms with van der Waals surface area (Å²) >= 11 is 6.17. The molecule has 0 bridgehead atoms. The molecule has 2 aromatic rings. The minimum atomic E-state index is -0.0808. The molecule has 1 aliphatic heterocycles. The molecule has 3 rings (SSSR count). The zero-order chi connectivity index (χ0) is 21.8. The van der Waals surface area contributed by atoms with Crippen molar-refractivity contribution in [3.05, 3.63) is 58.1 Å². The van der Waals surface area contributed by atoms with Crippen molar-refractivity contribution in [2.24, 2.45) is 0 Å². The fourth-order valence-electron chi connectivity index (χ4n) is 3.47. The number of rotatable bonds is 5. The lowest BCUT2D eigenvalue weighted by Gasteiger charge is -2.34. The van der Waals surface area contributed by atoms with Gasteiger partial charge < -0.3 is 19.4 Å². The molecule has 0 saturated carbocycles. The molecule has 30 heavy (non-hydrogen) atoms. The number of halogens is 1. The minimum Gasteiger partial charge on any atom is -0.484 e. The summed E-state index contributed by atoms with van der Waals surface area (Å²) in [6.45, 7) is 5.83. The van der Waals surface area contributed by atoms with Gasteiger partial charge in [0, 0.05) is 56.5 Å². The van der Waals surface area contributed by atoms with Gasteiger partial charge in [-0.05, 0) is 61.4 Å². The Hall–Kier alpha value is -2.73. The van der Waals surface area contributed by atoms with E-state index >= 15 is 0 Å². The predicted molar refractivity (Wildman–Crippen MR) is 120 cm³/mol. The summed E-state index contributed by atoms with van der Waals surface area (Å²) < 4.78 is 5.68. The maximum atomic E-state index is 12.7. The highest BCUT2D eigenvalue weighted by molar-refractivity contribution is 6.32. The Bertz CT molecular complexity index is 897. The van der Waals surface area contributed by atoms with E-state index in [1.165, 1.54) is 0 Å². The summed E-state index contributed by atoms with van der Waals surface area (Å²) in [4.78, 5) is 30.8. The second-order valence-electron chi connectivity index (χ2n) is 7.77. The van der Waals surface area contributed by atoms with E-state index in [9.17, 15) is 9.59 Å². The summed E-state index contributed by atoms with van der Waals surface area (Å²) in [6.07, 6.45) is 0. The van der Waals surface area contributed by atoms with Crippen LogP contribution < -0.4 is 9.64 Å². The number of ether oxygens (including phenoxy) is 1. The van der Waals surface area contributed by atoms with E-state index in [4.69, 9.17) is 16.3 Å². The SMILES string of the molecule is Cc1cc(OCC(=O)N2CCN(C(=O)c3ccc(N(C)C)cc3)CC2)cc(C)c1Cl. The molecule has 0 N–H and O–H groups in total. The summed E-state index contributed by atoms with van der Waals surface area (Å²) in [5.74, 6) is 0.552. The molecule has 1 saturated heterocycles. The van der Waals surface area contributed by atoms with E-state index in [-0.39, 0.29) is 18.4 Å². The molecular weight excluding hydrogens is 402 g/mol. The Morgan fingerprint density at radius 3 is 2.03 bits per heavy atom. The molecule has 2 amide bonds. The molecule has 0 aliphatic carbocycles. The quantitative estimate of drug-likeness (QED) is 0.731. The van der Waals surface area contributed by atoms with Gasteiger partial charge in [0.15, 0.2) is 6.61 Å². The molecule has 0 atom stereocenters. The number of piperazine rings is 1. The van der Waals surface area contributed by atoms with Gasteiger partial charge in [-0.1, -0.05) is 11.6 Å². The maximum Gasteiger partial charge on any atom is 0.260 e. The number of nitrogens with zero attached hydrogens (tertiary/aromatic N) is 3. The normalized spacial score (nSPS) is 13.9. The smallest absolute Gasteiger partial charge is 0.260 e. The number of amides is 2. The van der Waals surface area contributed by atoms with Gasteiger partial charge in [-0.25, -0.2) is 0 Å². The molecule has 7 heteroatoms. The Kier molecular flexibility index (Phi) is 6.87. The number of carbonyl (C=O) groups is 2. The minimum absolute atomic E-state index is 0.00392. The average Bonchev–Trinajstić information content (AvgIpc) is 2.75. The van der Waals surface area contributed by atoms with E-state index in [1.807, 2.05) is 69.2 Å². The van der Waals surface area contributed by atoms with Crippen LogP contribution in [-0.2, 0) is 4.79 Å². The molecule has 0 aromatic heterocycles. The number of hydrogen-bond acceptors (Lipinski definition) is 4. The lowest BCUT2D eigenvalue weighted by Crippen LogP contribution is -2.51. The van der Waals surface area contributed by atoms with E-state index in [2.05, 4.69) is 0 Å². The Labute approximate surface area is 183 Å². The van der Waals surface area contributed by atoms with Crippen molar-refractivity contribution in [1.82, 2.24) is 9.80 Å². The van der Waals surface area contributed by atoms with Crippen LogP contribution >= 0.6 is 11.6 Å². The third-order valence-electron chi connectivity index (χ3n) is 5.32. The highest BCUT2D eigenvalue weighted by Crippen LogP contribution is 2.26. The molecule has 6 nitrogen and oxygen atoms in total. The van der Waals surface area contributed by atoms with Crippen LogP contribution in [0.4, 0.5) is 5.69 Å². The van der Waals surface area contributed by atoms with Crippen LogP contribution in [0.3, 0.4) is 0 Å². The summed E-state index contributed by atoms with van der Waals surface area (Å²) in [5, 5.41) is 0.714. The number of hydrogen-bond donors (Lipinski definition) is 0. The number of anilines is 1. The van der Waals surface area contributed by atoms with Crippen molar-refractivity contribution >= 4 is 29.1 Å². The Morgan fingerprint density at radius 2 is 1.50 bits per heavy atom. The molecular formula is C23H28ClN3O3. The fourth-order valence-corrected chi connectivity index (χ4v) is 3.58. The van der Waals surface area contributed by atoms with Gasteiger partial charge in [0.2, 0.25) is 0 Å². The molecule has 1 fully saturated rings. The van der Waals surface area contributed by atoms with Gasteiger partial charge in [-0.3, -0.25) is 9.59 Å². The van der Waals surface area contributed by atoms with Crippen LogP contribution in [0.1, 0.15) is 21.5 Å². The molecule has 1 heterocycles. The van der Waals surface area contributed by atoms with E-state index in [0.29, 0.717) is 42.5 Å². The van der Waals surface area contributed by atoms with Crippen molar-refractivity contribution < 1.29 is 14.3 Å². The second-order valence-corrected chi connectivity index (χ2v) is 8.15. The fraction of sp³-hybridized carbons (Fsp3) is 0.391. The van der Waals surface area contributed by atoms with E-state index in [0.717, 1.165) is 16.8 Å². The molecule has 1 aliphatic rings. The molecule has 0 radical (unpaired) electrons. The molecule has 2 aromatic carbocycles. The number of carbonyl (C=O) groups excluding carboxylic acids is 2. The first kappa shape index (κ1) is 22.0. The van der Waals surface area contributed by atoms with E-state index in [1.54, 1.807) is 9.80 Å². The summed E-state index contributed by atoms with van der Waals surface area (Å²) in [5.41, 5.74) is 3.56. The first-order valence-electron chi connectivity index (χ1n) is 10.00. The highest BCUT2D eigenvalue weighted by atomic mass is 35.5. The number of aryl methyl sites for hydroxylation is 2. The van der Waals surface area contributed by atoms with Gasteiger partial charge >= 0.3 is 0 Å². The van der Waals surface area contributed by atoms with Gasteiger partial charge in [0.25, 0.3) is 11.8 Å². The van der Waals surface area contributed by atoms with Gasteiger partial charge in [0.1, 0.15) is 5.75 Å². The third-order valence-corrected chi connectivity index (χ3v) is 5.92. The standard InChI is InChI=1S/C23H28ClN3O3/c1-16-13-20(14-17(2)22(16)24)30-15-21(28)26-9-11-27(12-10-26)23(29)18-5-7-19(8-6-18)25(3)4/h5-8,13-14H,9-12,15H2,1-4H3. The van der Waals surface area contributed by atoms with Crippen LogP contribution in [0.25, 0.3) is 0 Å². The average molecular weight is 430 g/mol. The highest BCUT2D eigenvalue weighted by Gasteiger charge is 2.25. The van der Waals surface area contributed by atoms with Crippen LogP contribution in [0.5, 0.6) is 5.75 Å². The summed E-state index contributed by atoms with van der Waals surface area (Å²) in [6, 6.07) is 11.2. The summed E-state index contributed by atoms with van der Waals surface area (Å²) in [7, 11) is 3.93. The maximum absolute atomic E-state index is 12.7. The van der Waals surface area contributed by atoms with Crippen molar-refractivity contribution in [2.45, 2.75) is 13.8 Å². The van der Waals surface area contributed by atoms with Crippen molar-refractivity contribution in [2.75, 3.05) is 51.8 Å². The van der Waals surface area contributed by atoms with Crippen LogP contribution in [0.15, 0.2) is 36.4 Å². The monoisotopic (exact) mass is 429 g/mol. The van der Waals surface area contributed by atoms with Crippen molar-refractivity contribution in [3.8, 4) is 5.75 Å². The topological polar surface area (TPSA) is 53.1 Å². The van der Waals surface area contributed by atoms with Crippen LogP contribution in [-0.4, -0.2) is 68.5 Å². The van der Waals surface area contributed by atoms with Crippen LogP contribution in [0, 0.1) is 13.8 Å². The third kappa shape index (κ3) is 5.05. The largest absolute Gasteiger partial charge is 0.484 e. The zero-order valence-electron chi connectivity index (χ0n) is 17.9. The number of benzene rings is 2. The van der Waals surface area contributed by atoms with Gasteiger partial charge in [-0.15, -0.1) is 0 Å². The van der Waals surface area contributed by atoms with Crippen molar-refractivity contribution in [1.29, 1.82) is 0 Å². The Morgan fingerprint density at radius 1 is 0.967 bits per heavy atom. The van der Waals surface area contributed by atoms with Crippen molar-refractivity contribution in [3.63, 3.8) is 0 Å². The van der Waals surface area contributed by atoms with E-state index < -0.39 is 0 Å². The van der Waals surface area contributed by atoms with Crippen LogP contribution in [0.2, 0.25) is 5.02 Å². The van der Waals surface area contributed by atoms with Gasteiger partial charge in [0.05, 0.1) is 0 Å². The first-order valence-corrected chi connectivity index (χ1v) is 10.4. The van der Waals surface area contributed by atoms with Gasteiger partial charge in [-0.2, -0.15) is 0 Å². The molecule has 0 spiro atoms. The Balaban J connectivity index is 1.51. The lowest BCUT2D eigenvalue weighted by atomic mass is 10.1.